The average Bonchev–Trinajstić information content (AvgIpc) is 3.62. The summed E-state index contributed by atoms with van der Waals surface area (Å²) in [5.41, 5.74) is 15.2. The van der Waals surface area contributed by atoms with Gasteiger partial charge in [0.15, 0.2) is 0 Å². The number of rotatable bonds is 6. The molecule has 0 aliphatic carbocycles. The van der Waals surface area contributed by atoms with Gasteiger partial charge in [0, 0.05) is 62.0 Å². The van der Waals surface area contributed by atoms with E-state index in [2.05, 4.69) is 26.0 Å². The van der Waals surface area contributed by atoms with Crippen molar-refractivity contribution >= 4 is 33.6 Å². The molecule has 2 saturated heterocycles. The van der Waals surface area contributed by atoms with E-state index in [9.17, 15) is 5.11 Å². The number of nitrogens with two attached hydrogens (primary N) is 2. The van der Waals surface area contributed by atoms with Crippen LogP contribution in [-0.2, 0) is 11.8 Å². The van der Waals surface area contributed by atoms with Gasteiger partial charge in [0.05, 0.1) is 22.7 Å². The van der Waals surface area contributed by atoms with Gasteiger partial charge in [0.1, 0.15) is 48.3 Å². The summed E-state index contributed by atoms with van der Waals surface area (Å²) in [6.07, 6.45) is 3.89. The molecule has 0 radical (unpaired) electrons. The molecule has 7 rings (SSSR count). The first-order valence-corrected chi connectivity index (χ1v) is 12.9. The number of nitrogen functional groups attached to an aromatic ring is 1. The molecule has 12 nitrogen and oxygen atoms in total. The Labute approximate surface area is 223 Å². The fourth-order valence-corrected chi connectivity index (χ4v) is 5.35. The summed E-state index contributed by atoms with van der Waals surface area (Å²) >= 11 is 0. The Bertz CT molecular complexity index is 1680. The minimum absolute atomic E-state index is 0.188. The van der Waals surface area contributed by atoms with Crippen molar-refractivity contribution in [3.05, 3.63) is 55.1 Å². The van der Waals surface area contributed by atoms with Crippen molar-refractivity contribution in [3.63, 3.8) is 0 Å². The third kappa shape index (κ3) is 4.22. The zero-order valence-corrected chi connectivity index (χ0v) is 21.4. The minimum atomic E-state index is -0.717. The van der Waals surface area contributed by atoms with Crippen molar-refractivity contribution in [1.82, 2.24) is 29.3 Å². The van der Waals surface area contributed by atoms with Gasteiger partial charge in [-0.15, -0.1) is 0 Å². The zero-order valence-electron chi connectivity index (χ0n) is 21.4. The molecule has 12 heteroatoms. The fourth-order valence-electron chi connectivity index (χ4n) is 5.35. The molecule has 2 aliphatic rings. The molecule has 0 bridgehead atoms. The number of hydrogen-bond acceptors (Lipinski definition) is 10. The van der Waals surface area contributed by atoms with Gasteiger partial charge in [-0.05, 0) is 30.3 Å². The van der Waals surface area contributed by atoms with Crippen LogP contribution in [0.15, 0.2) is 55.1 Å². The van der Waals surface area contributed by atoms with Crippen molar-refractivity contribution in [2.75, 3.05) is 30.3 Å². The number of hydrogen-bond donors (Lipinski definition) is 3. The van der Waals surface area contributed by atoms with Gasteiger partial charge < -0.3 is 35.5 Å². The topological polar surface area (TPSA) is 155 Å². The van der Waals surface area contributed by atoms with E-state index in [0.29, 0.717) is 29.0 Å². The van der Waals surface area contributed by atoms with E-state index in [1.165, 1.54) is 6.33 Å². The summed E-state index contributed by atoms with van der Waals surface area (Å²) in [6.45, 7) is 1.81. The molecule has 200 valence electrons. The molecule has 1 aromatic carbocycles. The van der Waals surface area contributed by atoms with Crippen LogP contribution in [0.25, 0.3) is 33.2 Å². The predicted molar refractivity (Wildman–Crippen MR) is 146 cm³/mol. The zero-order chi connectivity index (χ0) is 26.7. The van der Waals surface area contributed by atoms with Gasteiger partial charge in [-0.1, -0.05) is 0 Å². The molecule has 0 amide bonds. The summed E-state index contributed by atoms with van der Waals surface area (Å²) in [4.78, 5) is 15.6. The van der Waals surface area contributed by atoms with Crippen LogP contribution in [0.1, 0.15) is 12.6 Å². The second-order valence-electron chi connectivity index (χ2n) is 10.2. The number of aromatic nitrogens is 6. The van der Waals surface area contributed by atoms with E-state index in [1.807, 2.05) is 54.3 Å². The maximum atomic E-state index is 10.9. The number of aryl methyl sites for hydroxylation is 1. The van der Waals surface area contributed by atoms with Crippen LogP contribution >= 0.6 is 0 Å². The maximum Gasteiger partial charge on any atom is 0.148 e. The third-order valence-corrected chi connectivity index (χ3v) is 7.44. The molecule has 6 heterocycles. The molecule has 0 unspecified atom stereocenters. The lowest BCUT2D eigenvalue weighted by molar-refractivity contribution is -0.0379. The molecule has 5 N–H and O–H groups in total. The van der Waals surface area contributed by atoms with E-state index >= 15 is 0 Å². The van der Waals surface area contributed by atoms with Crippen molar-refractivity contribution < 1.29 is 14.6 Å². The van der Waals surface area contributed by atoms with E-state index in [0.717, 1.165) is 41.1 Å². The summed E-state index contributed by atoms with van der Waals surface area (Å²) in [5.74, 6) is 1.94. The molecule has 0 spiro atoms. The normalized spacial score (nSPS) is 21.6. The van der Waals surface area contributed by atoms with Gasteiger partial charge in [-0.25, -0.2) is 15.0 Å². The molecule has 0 saturated carbocycles. The molecule has 4 aromatic heterocycles. The van der Waals surface area contributed by atoms with E-state index in [4.69, 9.17) is 25.9 Å². The highest BCUT2D eigenvalue weighted by Gasteiger charge is 2.37. The average molecular weight is 528 g/mol. The van der Waals surface area contributed by atoms with Gasteiger partial charge in [-0.2, -0.15) is 5.10 Å². The third-order valence-electron chi connectivity index (χ3n) is 7.44. The highest BCUT2D eigenvalue weighted by atomic mass is 16.6. The van der Waals surface area contributed by atoms with Gasteiger partial charge in [-0.3, -0.25) is 4.68 Å². The van der Waals surface area contributed by atoms with Crippen LogP contribution < -0.4 is 21.1 Å². The molecular formula is C27H29N9O3. The quantitative estimate of drug-likeness (QED) is 0.298. The smallest absolute Gasteiger partial charge is 0.148 e. The maximum absolute atomic E-state index is 10.9. The number of ether oxygens (including phenoxy) is 2. The summed E-state index contributed by atoms with van der Waals surface area (Å²) in [6, 6.07) is 12.0. The number of anilines is 2. The second kappa shape index (κ2) is 9.19. The molecule has 5 aromatic rings. The SMILES string of the molecule is Cn1ccc(-c2cn([C@H]3C[C@H](O)[C@@H](COc4ccc5ccc(N6CC(N)C6)nc5c4)O3)c3ncnc(N)c23)n1. The number of nitrogens with zero attached hydrogens (tertiary/aromatic N) is 7. The first kappa shape index (κ1) is 23.8. The Morgan fingerprint density at radius 3 is 2.79 bits per heavy atom. The lowest BCUT2D eigenvalue weighted by Gasteiger charge is -2.37. The van der Waals surface area contributed by atoms with Gasteiger partial charge >= 0.3 is 0 Å². The number of aliphatic hydroxyl groups is 1. The van der Waals surface area contributed by atoms with E-state index in [1.54, 1.807) is 4.68 Å². The number of benzene rings is 1. The Hall–Kier alpha value is -4.26. The van der Waals surface area contributed by atoms with Crippen molar-refractivity contribution in [2.24, 2.45) is 12.8 Å². The predicted octanol–water partition coefficient (Wildman–Crippen LogP) is 1.84. The summed E-state index contributed by atoms with van der Waals surface area (Å²) in [5, 5.41) is 17.1. The molecule has 39 heavy (non-hydrogen) atoms. The lowest BCUT2D eigenvalue weighted by atomic mass is 10.1. The van der Waals surface area contributed by atoms with Crippen molar-refractivity contribution in [1.29, 1.82) is 0 Å². The monoisotopic (exact) mass is 527 g/mol. The van der Waals surface area contributed by atoms with E-state index < -0.39 is 18.4 Å². The number of fused-ring (bicyclic) bond motifs is 2. The van der Waals surface area contributed by atoms with Crippen LogP contribution in [-0.4, -0.2) is 72.4 Å². The molecule has 3 atom stereocenters. The highest BCUT2D eigenvalue weighted by Crippen LogP contribution is 2.38. The summed E-state index contributed by atoms with van der Waals surface area (Å²) in [7, 11) is 1.86. The largest absolute Gasteiger partial charge is 0.491 e. The second-order valence-corrected chi connectivity index (χ2v) is 10.2. The fraction of sp³-hybridized carbons (Fsp3) is 0.333. The Morgan fingerprint density at radius 1 is 1.15 bits per heavy atom. The van der Waals surface area contributed by atoms with E-state index in [-0.39, 0.29) is 12.6 Å². The molecular weight excluding hydrogens is 498 g/mol. The summed E-state index contributed by atoms with van der Waals surface area (Å²) < 4.78 is 16.0. The van der Waals surface area contributed by atoms with Crippen LogP contribution in [0.3, 0.4) is 0 Å². The van der Waals surface area contributed by atoms with Crippen LogP contribution in [0, 0.1) is 0 Å². The molecule has 2 aliphatic heterocycles. The number of aliphatic hydroxyl groups excluding tert-OH is 1. The van der Waals surface area contributed by atoms with Gasteiger partial charge in [0.2, 0.25) is 0 Å². The standard InChI is InChI=1S/C27H29N9O3/c1-34-7-6-19(33-34)18-12-36(27-25(18)26(29)30-14-31-27)24-9-21(37)22(39-24)13-38-17-4-2-15-3-5-23(32-20(15)8-17)35-10-16(28)11-35/h2-8,12,14,16,21-22,24,37H,9-11,13,28H2,1H3,(H2,29,30,31)/t21-,22+,24+/m0/s1. The Morgan fingerprint density at radius 2 is 2.00 bits per heavy atom. The minimum Gasteiger partial charge on any atom is -0.491 e. The van der Waals surface area contributed by atoms with Crippen LogP contribution in [0.2, 0.25) is 0 Å². The lowest BCUT2D eigenvalue weighted by Crippen LogP contribution is -2.56. The molecule has 2 fully saturated rings. The van der Waals surface area contributed by atoms with Gasteiger partial charge in [0.25, 0.3) is 0 Å². The first-order chi connectivity index (χ1) is 18.9. The first-order valence-electron chi connectivity index (χ1n) is 12.9. The van der Waals surface area contributed by atoms with Crippen molar-refractivity contribution in [3.8, 4) is 17.0 Å². The Kier molecular flexibility index (Phi) is 5.61. The van der Waals surface area contributed by atoms with Crippen LogP contribution in [0.5, 0.6) is 5.75 Å². The Balaban J connectivity index is 1.10. The highest BCUT2D eigenvalue weighted by molar-refractivity contribution is 5.99. The number of pyridine rings is 1. The van der Waals surface area contributed by atoms with Crippen LogP contribution in [0.4, 0.5) is 11.6 Å². The van der Waals surface area contributed by atoms with Crippen molar-refractivity contribution in [2.45, 2.75) is 30.9 Å².